The molecule has 0 saturated carbocycles. The van der Waals surface area contributed by atoms with Gasteiger partial charge in [0.1, 0.15) is 0 Å². The average molecular weight is 489 g/mol. The molecule has 1 aromatic carbocycles. The SMILES string of the molecule is CCC1=NC2=CC=CC2=C1.Cc1ccc(C2=Cc3ccccc3[CH]2[Zr+2])o1.[Cl-].[Cl-]. The molecule has 0 spiro atoms. The van der Waals surface area contributed by atoms with Gasteiger partial charge in [0.05, 0.1) is 5.70 Å². The van der Waals surface area contributed by atoms with Gasteiger partial charge < -0.3 is 24.8 Å². The van der Waals surface area contributed by atoms with Gasteiger partial charge in [0.15, 0.2) is 0 Å². The Kier molecular flexibility index (Phi) is 8.07. The summed E-state index contributed by atoms with van der Waals surface area (Å²) in [6.45, 7) is 4.12. The van der Waals surface area contributed by atoms with Crippen LogP contribution in [0.3, 0.4) is 0 Å². The van der Waals surface area contributed by atoms with Crippen LogP contribution in [0.2, 0.25) is 0 Å². The summed E-state index contributed by atoms with van der Waals surface area (Å²) in [4.78, 5) is 4.39. The van der Waals surface area contributed by atoms with E-state index in [2.05, 4.69) is 66.6 Å². The number of hydrogen-bond donors (Lipinski definition) is 0. The van der Waals surface area contributed by atoms with E-state index in [4.69, 9.17) is 4.42 Å². The van der Waals surface area contributed by atoms with Crippen molar-refractivity contribution in [1.82, 2.24) is 0 Å². The molecule has 3 aliphatic rings. The molecule has 2 aromatic rings. The first-order valence-corrected chi connectivity index (χ1v) is 10.3. The Labute approximate surface area is 193 Å². The maximum Gasteiger partial charge on any atom is -1.00 e. The van der Waals surface area contributed by atoms with Crippen molar-refractivity contribution in [3.05, 3.63) is 94.6 Å². The van der Waals surface area contributed by atoms with Crippen molar-refractivity contribution in [2.24, 2.45) is 4.99 Å². The molecule has 0 radical (unpaired) electrons. The Balaban J connectivity index is 0.000000204. The fourth-order valence-corrected chi connectivity index (χ4v) is 4.52. The number of fused-ring (bicyclic) bond motifs is 2. The summed E-state index contributed by atoms with van der Waals surface area (Å²) in [5.74, 6) is 2.00. The van der Waals surface area contributed by atoms with Crippen LogP contribution in [0.1, 0.15) is 39.6 Å². The average Bonchev–Trinajstić information content (AvgIpc) is 3.39. The molecule has 1 aromatic heterocycles. The normalized spacial score (nSPS) is 17.8. The summed E-state index contributed by atoms with van der Waals surface area (Å²) < 4.78 is 6.24. The number of furan rings is 1. The predicted octanol–water partition coefficient (Wildman–Crippen LogP) is -0.0308. The molecule has 0 bridgehead atoms. The summed E-state index contributed by atoms with van der Waals surface area (Å²) in [6, 6.07) is 12.7. The molecular formula is C23H20Cl2NOZr. The van der Waals surface area contributed by atoms with Gasteiger partial charge in [0.2, 0.25) is 0 Å². The van der Waals surface area contributed by atoms with E-state index in [1.807, 2.05) is 19.1 Å². The van der Waals surface area contributed by atoms with Crippen LogP contribution in [-0.2, 0) is 24.7 Å². The molecule has 2 nitrogen and oxygen atoms in total. The van der Waals surface area contributed by atoms with Crippen LogP contribution in [0, 0.1) is 6.92 Å². The maximum atomic E-state index is 5.72. The molecule has 2 heterocycles. The van der Waals surface area contributed by atoms with Crippen molar-refractivity contribution in [2.75, 3.05) is 0 Å². The van der Waals surface area contributed by atoms with Gasteiger partial charge in [0.25, 0.3) is 0 Å². The Bertz CT molecular complexity index is 1010. The van der Waals surface area contributed by atoms with Crippen molar-refractivity contribution in [3.63, 3.8) is 0 Å². The molecule has 0 fully saturated rings. The maximum absolute atomic E-state index is 5.72. The van der Waals surface area contributed by atoms with Gasteiger partial charge >= 0.3 is 110 Å². The number of aliphatic imine (C=N–C) groups is 1. The molecule has 2 aliphatic carbocycles. The van der Waals surface area contributed by atoms with E-state index in [0.29, 0.717) is 3.63 Å². The minimum absolute atomic E-state index is 0. The van der Waals surface area contributed by atoms with Gasteiger partial charge in [-0.2, -0.15) is 0 Å². The largest absolute Gasteiger partial charge is 1.00 e. The zero-order valence-corrected chi connectivity index (χ0v) is 19.7. The van der Waals surface area contributed by atoms with Gasteiger partial charge in [-0.3, -0.25) is 4.99 Å². The first-order valence-electron chi connectivity index (χ1n) is 8.92. The standard InChI is InChI=1S/C14H11O.C9H9N.2ClH.Zr/c1-10-6-7-14(15-10)13-8-11-4-2-3-5-12(11)9-13;1-2-8-6-7-4-3-5-9(7)10-8;;;/h2-9H,1H3;3-6H,2H2,1H3;2*1H;/q;;;;+2/p-2. The molecule has 5 rings (SSSR count). The smallest absolute Gasteiger partial charge is 1.00 e. The Morgan fingerprint density at radius 3 is 2.50 bits per heavy atom. The first kappa shape index (κ1) is 22.9. The third kappa shape index (κ3) is 4.59. The molecule has 141 valence electrons. The zero-order chi connectivity index (χ0) is 18.1. The van der Waals surface area contributed by atoms with Crippen LogP contribution < -0.4 is 24.8 Å². The second kappa shape index (κ2) is 9.87. The first-order chi connectivity index (χ1) is 12.7. The summed E-state index contributed by atoms with van der Waals surface area (Å²) in [7, 11) is 0. The van der Waals surface area contributed by atoms with Crippen molar-refractivity contribution in [3.8, 4) is 0 Å². The van der Waals surface area contributed by atoms with E-state index in [0.717, 1.165) is 23.6 Å². The minimum Gasteiger partial charge on any atom is -1.00 e. The van der Waals surface area contributed by atoms with E-state index in [-0.39, 0.29) is 24.8 Å². The van der Waals surface area contributed by atoms with E-state index in [1.165, 1.54) is 52.7 Å². The van der Waals surface area contributed by atoms with Crippen molar-refractivity contribution in [2.45, 2.75) is 23.9 Å². The Morgan fingerprint density at radius 1 is 1.07 bits per heavy atom. The third-order valence-corrected chi connectivity index (χ3v) is 6.26. The van der Waals surface area contributed by atoms with E-state index in [1.54, 1.807) is 0 Å². The molecule has 1 aliphatic heterocycles. The zero-order valence-electron chi connectivity index (χ0n) is 15.7. The minimum atomic E-state index is 0. The number of aryl methyl sites for hydroxylation is 1. The van der Waals surface area contributed by atoms with Crippen LogP contribution in [-0.4, -0.2) is 5.71 Å². The van der Waals surface area contributed by atoms with Gasteiger partial charge in [-0.15, -0.1) is 0 Å². The second-order valence-corrected chi connectivity index (χ2v) is 7.96. The van der Waals surface area contributed by atoms with Gasteiger partial charge in [-0.1, -0.05) is 19.1 Å². The molecule has 5 heteroatoms. The quantitative estimate of drug-likeness (QED) is 0.583. The molecule has 1 atom stereocenters. The molecule has 0 N–H and O–H groups in total. The van der Waals surface area contributed by atoms with E-state index >= 15 is 0 Å². The summed E-state index contributed by atoms with van der Waals surface area (Å²) in [5.41, 5.74) is 7.71. The van der Waals surface area contributed by atoms with Crippen LogP contribution in [0.5, 0.6) is 0 Å². The molecule has 28 heavy (non-hydrogen) atoms. The van der Waals surface area contributed by atoms with Crippen LogP contribution in [0.25, 0.3) is 11.6 Å². The van der Waals surface area contributed by atoms with Crippen molar-refractivity contribution >= 4 is 17.4 Å². The van der Waals surface area contributed by atoms with Crippen molar-refractivity contribution < 1.29 is 54.0 Å². The van der Waals surface area contributed by atoms with Crippen molar-refractivity contribution in [1.29, 1.82) is 0 Å². The van der Waals surface area contributed by atoms with Crippen LogP contribution >= 0.6 is 0 Å². The Hall–Kier alpha value is -1.41. The number of benzene rings is 1. The number of halogens is 2. The number of nitrogens with zero attached hydrogens (tertiary/aromatic N) is 1. The van der Waals surface area contributed by atoms with Crippen LogP contribution in [0.4, 0.5) is 0 Å². The molecule has 0 saturated heterocycles. The van der Waals surface area contributed by atoms with E-state index < -0.39 is 0 Å². The second-order valence-electron chi connectivity index (χ2n) is 6.54. The summed E-state index contributed by atoms with van der Waals surface area (Å²) in [5, 5.41) is 0. The molecule has 1 unspecified atom stereocenters. The fraction of sp³-hybridized carbons (Fsp3) is 0.174. The third-order valence-electron chi connectivity index (χ3n) is 4.73. The van der Waals surface area contributed by atoms with E-state index in [9.17, 15) is 0 Å². The number of hydrogen-bond acceptors (Lipinski definition) is 2. The number of rotatable bonds is 2. The van der Waals surface area contributed by atoms with Gasteiger partial charge in [-0.25, -0.2) is 0 Å². The molecule has 0 amide bonds. The monoisotopic (exact) mass is 486 g/mol. The summed E-state index contributed by atoms with van der Waals surface area (Å²) >= 11 is 1.52. The molecular weight excluding hydrogens is 468 g/mol. The Morgan fingerprint density at radius 2 is 1.86 bits per heavy atom. The van der Waals surface area contributed by atoms with Gasteiger partial charge in [-0.05, 0) is 18.6 Å². The number of allylic oxidation sites excluding steroid dienone is 5. The van der Waals surface area contributed by atoms with Crippen LogP contribution in [0.15, 0.2) is 81.4 Å². The fourth-order valence-electron chi connectivity index (χ4n) is 3.32. The van der Waals surface area contributed by atoms with Gasteiger partial charge in [0, 0.05) is 11.3 Å². The topological polar surface area (TPSA) is 25.5 Å². The predicted molar refractivity (Wildman–Crippen MR) is 104 cm³/mol. The summed E-state index contributed by atoms with van der Waals surface area (Å²) in [6.07, 6.45) is 11.6.